The summed E-state index contributed by atoms with van der Waals surface area (Å²) in [5, 5.41) is 4.01. The van der Waals surface area contributed by atoms with E-state index in [0.717, 1.165) is 16.3 Å². The minimum Gasteiger partial charge on any atom is -0.493 e. The molecule has 1 amide bonds. The number of methoxy groups -OCH3 is 1. The van der Waals surface area contributed by atoms with Crippen LogP contribution in [0.4, 0.5) is 5.69 Å². The molecule has 0 radical (unpaired) electrons. The van der Waals surface area contributed by atoms with Gasteiger partial charge < -0.3 is 9.47 Å². The molecule has 37 heavy (non-hydrogen) atoms. The van der Waals surface area contributed by atoms with Gasteiger partial charge in [0, 0.05) is 0 Å². The molecule has 3 rings (SSSR count). The third-order valence-corrected chi connectivity index (χ3v) is 7.31. The van der Waals surface area contributed by atoms with Crippen molar-refractivity contribution in [3.05, 3.63) is 83.9 Å². The predicted molar refractivity (Wildman–Crippen MR) is 146 cm³/mol. The molecule has 0 atom stereocenters. The van der Waals surface area contributed by atoms with E-state index in [1.807, 2.05) is 19.1 Å². The zero-order valence-corrected chi connectivity index (χ0v) is 22.4. The van der Waals surface area contributed by atoms with Crippen LogP contribution in [0.15, 0.2) is 82.8 Å². The molecule has 0 saturated heterocycles. The molecule has 3 aromatic carbocycles. The maximum Gasteiger partial charge on any atom is 0.264 e. The van der Waals surface area contributed by atoms with Gasteiger partial charge in [-0.1, -0.05) is 51.1 Å². The molecule has 0 unspecified atom stereocenters. The lowest BCUT2D eigenvalue weighted by Crippen LogP contribution is -2.39. The van der Waals surface area contributed by atoms with Crippen LogP contribution in [-0.2, 0) is 14.8 Å². The molecule has 1 N–H and O–H groups in total. The molecule has 0 aliphatic rings. The normalized spacial score (nSPS) is 11.5. The maximum absolute atomic E-state index is 13.4. The second kappa shape index (κ2) is 12.9. The van der Waals surface area contributed by atoms with Gasteiger partial charge in [-0.3, -0.25) is 9.10 Å². The Hall–Kier alpha value is -3.85. The van der Waals surface area contributed by atoms with E-state index < -0.39 is 22.5 Å². The van der Waals surface area contributed by atoms with Gasteiger partial charge in [-0.25, -0.2) is 13.8 Å². The molecule has 196 valence electrons. The minimum absolute atomic E-state index is 0.0942. The number of hydrazone groups is 1. The van der Waals surface area contributed by atoms with Gasteiger partial charge in [0.25, 0.3) is 15.9 Å². The summed E-state index contributed by atoms with van der Waals surface area (Å²) in [6.45, 7) is 6.26. The summed E-state index contributed by atoms with van der Waals surface area (Å²) in [4.78, 5) is 12.9. The fraction of sp³-hybridized carbons (Fsp3) is 0.286. The third-order valence-electron chi connectivity index (χ3n) is 5.52. The Morgan fingerprint density at radius 3 is 2.35 bits per heavy atom. The number of anilines is 1. The van der Waals surface area contributed by atoms with Crippen LogP contribution in [0.5, 0.6) is 11.5 Å². The van der Waals surface area contributed by atoms with Gasteiger partial charge in [0.1, 0.15) is 6.54 Å². The van der Waals surface area contributed by atoms with Gasteiger partial charge in [0.2, 0.25) is 0 Å². The van der Waals surface area contributed by atoms with Crippen LogP contribution in [0.1, 0.15) is 44.2 Å². The van der Waals surface area contributed by atoms with Crippen LogP contribution in [0.3, 0.4) is 0 Å². The Morgan fingerprint density at radius 1 is 1.03 bits per heavy atom. The van der Waals surface area contributed by atoms with Crippen molar-refractivity contribution in [2.45, 2.75) is 38.0 Å². The first-order valence-corrected chi connectivity index (χ1v) is 13.5. The molecule has 9 heteroatoms. The average Bonchev–Trinajstić information content (AvgIpc) is 2.91. The van der Waals surface area contributed by atoms with Gasteiger partial charge in [-0.15, -0.1) is 0 Å². The Labute approximate surface area is 219 Å². The highest BCUT2D eigenvalue weighted by molar-refractivity contribution is 7.92. The summed E-state index contributed by atoms with van der Waals surface area (Å²) in [5.74, 6) is 0.875. The van der Waals surface area contributed by atoms with Crippen molar-refractivity contribution in [1.82, 2.24) is 5.43 Å². The lowest BCUT2D eigenvalue weighted by atomic mass is 10.0. The highest BCUT2D eigenvalue weighted by Crippen LogP contribution is 2.28. The molecule has 3 aromatic rings. The number of nitrogens with zero attached hydrogens (tertiary/aromatic N) is 2. The van der Waals surface area contributed by atoms with Crippen molar-refractivity contribution in [2.24, 2.45) is 5.10 Å². The average molecular weight is 524 g/mol. The van der Waals surface area contributed by atoms with E-state index >= 15 is 0 Å². The van der Waals surface area contributed by atoms with Crippen molar-refractivity contribution >= 4 is 27.8 Å². The number of carbonyl (C=O) groups is 1. The number of sulfonamides is 1. The number of benzene rings is 3. The van der Waals surface area contributed by atoms with E-state index in [4.69, 9.17) is 9.47 Å². The van der Waals surface area contributed by atoms with Crippen LogP contribution in [0.2, 0.25) is 0 Å². The monoisotopic (exact) mass is 523 g/mol. The van der Waals surface area contributed by atoms with Crippen LogP contribution in [0, 0.1) is 0 Å². The molecular formula is C28H33N3O5S. The Bertz CT molecular complexity index is 1310. The summed E-state index contributed by atoms with van der Waals surface area (Å²) >= 11 is 0. The van der Waals surface area contributed by atoms with Gasteiger partial charge >= 0.3 is 0 Å². The van der Waals surface area contributed by atoms with Gasteiger partial charge in [0.15, 0.2) is 11.5 Å². The second-order valence-electron chi connectivity index (χ2n) is 8.62. The van der Waals surface area contributed by atoms with Crippen molar-refractivity contribution < 1.29 is 22.7 Å². The number of rotatable bonds is 12. The summed E-state index contributed by atoms with van der Waals surface area (Å²) < 4.78 is 39.0. The molecule has 8 nitrogen and oxygen atoms in total. The highest BCUT2D eigenvalue weighted by Gasteiger charge is 2.27. The summed E-state index contributed by atoms with van der Waals surface area (Å²) in [5.41, 5.74) is 4.56. The van der Waals surface area contributed by atoms with Crippen molar-refractivity contribution in [3.63, 3.8) is 0 Å². The first kappa shape index (κ1) is 27.7. The first-order chi connectivity index (χ1) is 17.8. The first-order valence-electron chi connectivity index (χ1n) is 12.1. The number of nitrogens with one attached hydrogen (secondary N) is 1. The number of amides is 1. The van der Waals surface area contributed by atoms with E-state index in [-0.39, 0.29) is 10.8 Å². The quantitative estimate of drug-likeness (QED) is 0.268. The Balaban J connectivity index is 1.78. The Kier molecular flexibility index (Phi) is 9.68. The molecule has 0 bridgehead atoms. The van der Waals surface area contributed by atoms with Gasteiger partial charge in [0.05, 0.1) is 30.5 Å². The lowest BCUT2D eigenvalue weighted by Gasteiger charge is -2.24. The van der Waals surface area contributed by atoms with Gasteiger partial charge in [-0.05, 0) is 65.9 Å². The Morgan fingerprint density at radius 2 is 1.73 bits per heavy atom. The van der Waals surface area contributed by atoms with E-state index in [9.17, 15) is 13.2 Å². The number of hydrogen-bond acceptors (Lipinski definition) is 6. The van der Waals surface area contributed by atoms with E-state index in [0.29, 0.717) is 29.4 Å². The fourth-order valence-corrected chi connectivity index (χ4v) is 4.94. The molecule has 0 aliphatic carbocycles. The van der Waals surface area contributed by atoms with Crippen LogP contribution < -0.4 is 19.2 Å². The largest absolute Gasteiger partial charge is 0.493 e. The van der Waals surface area contributed by atoms with E-state index in [1.165, 1.54) is 18.3 Å². The number of ether oxygens (including phenoxy) is 2. The van der Waals surface area contributed by atoms with Gasteiger partial charge in [-0.2, -0.15) is 5.10 Å². The molecule has 0 heterocycles. The molecule has 0 fully saturated rings. The zero-order chi connectivity index (χ0) is 26.8. The molecule has 0 aromatic heterocycles. The minimum atomic E-state index is -3.99. The van der Waals surface area contributed by atoms with Crippen LogP contribution >= 0.6 is 0 Å². The number of carbonyl (C=O) groups excluding carboxylic acids is 1. The topological polar surface area (TPSA) is 97.3 Å². The lowest BCUT2D eigenvalue weighted by molar-refractivity contribution is -0.119. The molecule has 0 saturated carbocycles. The van der Waals surface area contributed by atoms with Crippen LogP contribution in [0.25, 0.3) is 0 Å². The fourth-order valence-electron chi connectivity index (χ4n) is 3.50. The zero-order valence-electron chi connectivity index (χ0n) is 21.5. The SMILES string of the molecule is CCCOc1ccc(C=NNC(=O)CN(c2ccc(C(C)C)cc2)S(=O)(=O)c2ccccc2)cc1OC. The second-order valence-corrected chi connectivity index (χ2v) is 10.5. The highest BCUT2D eigenvalue weighted by atomic mass is 32.2. The van der Waals surface area contributed by atoms with Crippen molar-refractivity contribution in [3.8, 4) is 11.5 Å². The van der Waals surface area contributed by atoms with E-state index in [1.54, 1.807) is 55.6 Å². The van der Waals surface area contributed by atoms with Crippen molar-refractivity contribution in [2.75, 3.05) is 24.6 Å². The van der Waals surface area contributed by atoms with Crippen LogP contribution in [-0.4, -0.2) is 40.8 Å². The summed E-state index contributed by atoms with van der Waals surface area (Å²) in [7, 11) is -2.44. The molecule has 0 spiro atoms. The predicted octanol–water partition coefficient (Wildman–Crippen LogP) is 4.95. The standard InChI is InChI=1S/C28H33N3O5S/c1-5-17-36-26-16-11-22(18-27(26)35-4)19-29-30-28(32)20-31(24-14-12-23(13-15-24)21(2)3)37(33,34)25-9-7-6-8-10-25/h6-16,18-19,21H,5,17,20H2,1-4H3,(H,30,32). The smallest absolute Gasteiger partial charge is 0.264 e. The van der Waals surface area contributed by atoms with E-state index in [2.05, 4.69) is 24.4 Å². The molecule has 0 aliphatic heterocycles. The summed E-state index contributed by atoms with van der Waals surface area (Å²) in [6, 6.07) is 20.5. The third kappa shape index (κ3) is 7.33. The number of hydrogen-bond donors (Lipinski definition) is 1. The van der Waals surface area contributed by atoms with Crippen molar-refractivity contribution in [1.29, 1.82) is 0 Å². The maximum atomic E-state index is 13.4. The summed E-state index contributed by atoms with van der Waals surface area (Å²) in [6.07, 6.45) is 2.33. The molecular weight excluding hydrogens is 490 g/mol.